The number of aromatic nitrogens is 1. The van der Waals surface area contributed by atoms with Crippen LogP contribution in [0, 0.1) is 18.6 Å². The van der Waals surface area contributed by atoms with E-state index < -0.39 is 11.6 Å². The first-order valence-electron chi connectivity index (χ1n) is 7.92. The van der Waals surface area contributed by atoms with Crippen LogP contribution in [0.3, 0.4) is 0 Å². The molecule has 0 N–H and O–H groups in total. The second-order valence-corrected chi connectivity index (χ2v) is 5.89. The molecule has 1 aromatic heterocycles. The molecule has 1 aliphatic heterocycles. The molecular formula is C17H17F2N3O3. The number of aryl methyl sites for hydroxylation is 1. The van der Waals surface area contributed by atoms with Gasteiger partial charge in [-0.3, -0.25) is 9.59 Å². The van der Waals surface area contributed by atoms with E-state index in [4.69, 9.17) is 4.52 Å². The zero-order valence-electron chi connectivity index (χ0n) is 13.7. The van der Waals surface area contributed by atoms with Crippen LogP contribution in [0.1, 0.15) is 33.0 Å². The number of carbonyl (C=O) groups excluding carboxylic acids is 2. The Morgan fingerprint density at radius 3 is 2.28 bits per heavy atom. The Bertz CT molecular complexity index is 806. The Kier molecular flexibility index (Phi) is 4.78. The molecule has 1 saturated heterocycles. The maximum absolute atomic E-state index is 13.3. The minimum atomic E-state index is -1.06. The molecule has 132 valence electrons. The second-order valence-electron chi connectivity index (χ2n) is 5.89. The predicted octanol–water partition coefficient (Wildman–Crippen LogP) is 2.25. The minimum absolute atomic E-state index is 0.0887. The van der Waals surface area contributed by atoms with E-state index >= 15 is 0 Å². The van der Waals surface area contributed by atoms with E-state index in [1.165, 1.54) is 11.0 Å². The fourth-order valence-electron chi connectivity index (χ4n) is 2.76. The molecule has 3 rings (SSSR count). The molecule has 0 atom stereocenters. The van der Waals surface area contributed by atoms with Crippen molar-refractivity contribution in [2.24, 2.45) is 0 Å². The summed E-state index contributed by atoms with van der Waals surface area (Å²) < 4.78 is 31.3. The van der Waals surface area contributed by atoms with E-state index in [1.54, 1.807) is 17.9 Å². The third-order valence-electron chi connectivity index (χ3n) is 4.08. The van der Waals surface area contributed by atoms with Gasteiger partial charge in [0, 0.05) is 37.8 Å². The van der Waals surface area contributed by atoms with Crippen LogP contribution < -0.4 is 0 Å². The standard InChI is InChI=1S/C17H17F2N3O3/c1-11-9-15(20-25-11)17(24)22-6-2-5-21(7-8-22)16(23)12-3-4-13(18)14(19)10-12/h3-4,9-10H,2,5-8H2,1H3. The molecule has 1 aliphatic rings. The van der Waals surface area contributed by atoms with Crippen LogP contribution in [0.5, 0.6) is 0 Å². The van der Waals surface area contributed by atoms with Gasteiger partial charge < -0.3 is 14.3 Å². The summed E-state index contributed by atoms with van der Waals surface area (Å²) in [5.41, 5.74) is 0.323. The van der Waals surface area contributed by atoms with Gasteiger partial charge in [-0.1, -0.05) is 5.16 Å². The molecule has 2 aromatic rings. The number of hydrogen-bond acceptors (Lipinski definition) is 4. The van der Waals surface area contributed by atoms with Crippen molar-refractivity contribution in [3.8, 4) is 0 Å². The molecule has 0 bridgehead atoms. The normalized spacial score (nSPS) is 15.2. The third kappa shape index (κ3) is 3.67. The highest BCUT2D eigenvalue weighted by molar-refractivity contribution is 5.94. The van der Waals surface area contributed by atoms with Crippen molar-refractivity contribution in [2.45, 2.75) is 13.3 Å². The highest BCUT2D eigenvalue weighted by Crippen LogP contribution is 2.14. The van der Waals surface area contributed by atoms with Crippen molar-refractivity contribution in [1.82, 2.24) is 15.0 Å². The Hall–Kier alpha value is -2.77. The largest absolute Gasteiger partial charge is 0.361 e. The lowest BCUT2D eigenvalue weighted by molar-refractivity contribution is 0.0713. The van der Waals surface area contributed by atoms with Gasteiger partial charge in [0.15, 0.2) is 17.3 Å². The van der Waals surface area contributed by atoms with Gasteiger partial charge in [-0.05, 0) is 31.5 Å². The van der Waals surface area contributed by atoms with Crippen molar-refractivity contribution in [3.05, 3.63) is 52.9 Å². The molecule has 6 nitrogen and oxygen atoms in total. The fraction of sp³-hybridized carbons (Fsp3) is 0.353. The van der Waals surface area contributed by atoms with Crippen molar-refractivity contribution >= 4 is 11.8 Å². The Morgan fingerprint density at radius 1 is 1.00 bits per heavy atom. The average Bonchev–Trinajstić information content (AvgIpc) is 2.89. The highest BCUT2D eigenvalue weighted by Gasteiger charge is 2.25. The first-order valence-corrected chi connectivity index (χ1v) is 7.92. The van der Waals surface area contributed by atoms with Crippen LogP contribution in [0.15, 0.2) is 28.8 Å². The first-order chi connectivity index (χ1) is 12.0. The van der Waals surface area contributed by atoms with Crippen LogP contribution in [0.2, 0.25) is 0 Å². The average molecular weight is 349 g/mol. The molecule has 1 fully saturated rings. The molecule has 2 heterocycles. The lowest BCUT2D eigenvalue weighted by Gasteiger charge is -2.21. The summed E-state index contributed by atoms with van der Waals surface area (Å²) in [7, 11) is 0. The van der Waals surface area contributed by atoms with Gasteiger partial charge in [-0.15, -0.1) is 0 Å². The number of benzene rings is 1. The third-order valence-corrected chi connectivity index (χ3v) is 4.08. The number of carbonyl (C=O) groups is 2. The van der Waals surface area contributed by atoms with E-state index in [0.29, 0.717) is 38.4 Å². The summed E-state index contributed by atoms with van der Waals surface area (Å²) >= 11 is 0. The predicted molar refractivity (Wildman–Crippen MR) is 84.0 cm³/mol. The fourth-order valence-corrected chi connectivity index (χ4v) is 2.76. The van der Waals surface area contributed by atoms with Crippen molar-refractivity contribution in [1.29, 1.82) is 0 Å². The summed E-state index contributed by atoms with van der Waals surface area (Å²) in [4.78, 5) is 28.0. The first kappa shape index (κ1) is 17.1. The van der Waals surface area contributed by atoms with Crippen LogP contribution >= 0.6 is 0 Å². The molecule has 0 aliphatic carbocycles. The minimum Gasteiger partial charge on any atom is -0.361 e. The van der Waals surface area contributed by atoms with Crippen LogP contribution in [0.4, 0.5) is 8.78 Å². The van der Waals surface area contributed by atoms with E-state index in [0.717, 1.165) is 12.1 Å². The monoisotopic (exact) mass is 349 g/mol. The lowest BCUT2D eigenvalue weighted by atomic mass is 10.2. The molecule has 8 heteroatoms. The maximum atomic E-state index is 13.3. The molecule has 0 radical (unpaired) electrons. The molecule has 2 amide bonds. The Labute approximate surface area is 143 Å². The van der Waals surface area contributed by atoms with E-state index in [1.807, 2.05) is 0 Å². The quantitative estimate of drug-likeness (QED) is 0.834. The maximum Gasteiger partial charge on any atom is 0.276 e. The summed E-state index contributed by atoms with van der Waals surface area (Å²) in [5.74, 6) is -2.14. The van der Waals surface area contributed by atoms with E-state index in [-0.39, 0.29) is 23.1 Å². The van der Waals surface area contributed by atoms with Crippen molar-refractivity contribution in [3.63, 3.8) is 0 Å². The number of hydrogen-bond donors (Lipinski definition) is 0. The van der Waals surface area contributed by atoms with Crippen molar-refractivity contribution in [2.75, 3.05) is 26.2 Å². The van der Waals surface area contributed by atoms with E-state index in [9.17, 15) is 18.4 Å². The molecular weight excluding hydrogens is 332 g/mol. The Morgan fingerprint density at radius 2 is 1.68 bits per heavy atom. The number of halogens is 2. The number of nitrogens with zero attached hydrogens (tertiary/aromatic N) is 3. The van der Waals surface area contributed by atoms with Crippen LogP contribution in [0.25, 0.3) is 0 Å². The van der Waals surface area contributed by atoms with Gasteiger partial charge in [-0.25, -0.2) is 8.78 Å². The number of rotatable bonds is 2. The zero-order chi connectivity index (χ0) is 18.0. The van der Waals surface area contributed by atoms with Gasteiger partial charge in [-0.2, -0.15) is 0 Å². The zero-order valence-corrected chi connectivity index (χ0v) is 13.7. The van der Waals surface area contributed by atoms with Crippen molar-refractivity contribution < 1.29 is 22.9 Å². The summed E-state index contributed by atoms with van der Waals surface area (Å²) in [6.07, 6.45) is 0.581. The summed E-state index contributed by atoms with van der Waals surface area (Å²) in [6, 6.07) is 4.65. The molecule has 0 spiro atoms. The van der Waals surface area contributed by atoms with Gasteiger partial charge in [0.1, 0.15) is 5.76 Å². The second kappa shape index (κ2) is 7.00. The summed E-state index contributed by atoms with van der Waals surface area (Å²) in [6.45, 7) is 3.25. The molecule has 0 unspecified atom stereocenters. The molecule has 1 aromatic carbocycles. The molecule has 0 saturated carbocycles. The topological polar surface area (TPSA) is 66.7 Å². The Balaban J connectivity index is 1.67. The van der Waals surface area contributed by atoms with E-state index in [2.05, 4.69) is 5.16 Å². The van der Waals surface area contributed by atoms with Gasteiger partial charge in [0.2, 0.25) is 0 Å². The highest BCUT2D eigenvalue weighted by atomic mass is 19.2. The van der Waals surface area contributed by atoms with Gasteiger partial charge >= 0.3 is 0 Å². The lowest BCUT2D eigenvalue weighted by Crippen LogP contribution is -2.37. The van der Waals surface area contributed by atoms with Gasteiger partial charge in [0.05, 0.1) is 0 Å². The molecule has 25 heavy (non-hydrogen) atoms. The SMILES string of the molecule is Cc1cc(C(=O)N2CCCN(C(=O)c3ccc(F)c(F)c3)CC2)no1. The van der Waals surface area contributed by atoms with Crippen LogP contribution in [-0.2, 0) is 0 Å². The van der Waals surface area contributed by atoms with Crippen LogP contribution in [-0.4, -0.2) is 52.9 Å². The number of amides is 2. The smallest absolute Gasteiger partial charge is 0.276 e. The summed E-state index contributed by atoms with van der Waals surface area (Å²) in [5, 5.41) is 3.72. The van der Waals surface area contributed by atoms with Gasteiger partial charge in [0.25, 0.3) is 11.8 Å².